The van der Waals surface area contributed by atoms with Crippen LogP contribution < -0.4 is 5.56 Å². The van der Waals surface area contributed by atoms with Gasteiger partial charge in [0.1, 0.15) is 11.3 Å². The van der Waals surface area contributed by atoms with E-state index >= 15 is 0 Å². The molecule has 24 heavy (non-hydrogen) atoms. The first-order valence-electron chi connectivity index (χ1n) is 7.62. The van der Waals surface area contributed by atoms with Gasteiger partial charge in [0.15, 0.2) is 0 Å². The van der Waals surface area contributed by atoms with E-state index in [1.165, 1.54) is 11.8 Å². The van der Waals surface area contributed by atoms with Crippen LogP contribution in [0.5, 0.6) is 0 Å². The van der Waals surface area contributed by atoms with E-state index in [4.69, 9.17) is 4.74 Å². The molecule has 0 aromatic heterocycles. The predicted octanol–water partition coefficient (Wildman–Crippen LogP) is 2.68. The molecule has 0 aliphatic carbocycles. The van der Waals surface area contributed by atoms with Gasteiger partial charge in [0.05, 0.1) is 18.4 Å². The van der Waals surface area contributed by atoms with Gasteiger partial charge in [-0.05, 0) is 32.9 Å². The first-order valence-corrected chi connectivity index (χ1v) is 7.62. The monoisotopic (exact) mass is 325 g/mol. The maximum absolute atomic E-state index is 12.8. The molecule has 1 aromatic carbocycles. The first-order chi connectivity index (χ1) is 11.3. The molecule has 6 nitrogen and oxygen atoms in total. The van der Waals surface area contributed by atoms with E-state index in [1.807, 2.05) is 43.5 Å². The van der Waals surface area contributed by atoms with Gasteiger partial charge in [-0.1, -0.05) is 18.2 Å². The van der Waals surface area contributed by atoms with Crippen LogP contribution in [0.3, 0.4) is 0 Å². The number of para-hydroxylation sites is 1. The molecular weight excluding hydrogens is 306 g/mol. The van der Waals surface area contributed by atoms with Gasteiger partial charge in [-0.3, -0.25) is 4.79 Å². The molecule has 0 amide bonds. The van der Waals surface area contributed by atoms with Gasteiger partial charge in [0.25, 0.3) is 5.56 Å². The molecule has 0 fully saturated rings. The number of esters is 1. The molecule has 0 atom stereocenters. The lowest BCUT2D eigenvalue weighted by Gasteiger charge is -2.24. The van der Waals surface area contributed by atoms with Crippen LogP contribution in [0.4, 0.5) is 0 Å². The second kappa shape index (κ2) is 5.63. The minimum atomic E-state index is -0.517. The quantitative estimate of drug-likeness (QED) is 0.680. The van der Waals surface area contributed by atoms with Gasteiger partial charge in [0, 0.05) is 17.9 Å². The SMILES string of the molecule is COC(=O)c1cn(C(C)(C)C)cc2c(=O)n(-c3ccccc3)nc1-2. The third kappa shape index (κ3) is 2.60. The Labute approximate surface area is 139 Å². The van der Waals surface area contributed by atoms with Gasteiger partial charge < -0.3 is 9.30 Å². The van der Waals surface area contributed by atoms with E-state index in [-0.39, 0.29) is 16.7 Å². The number of methoxy groups -OCH3 is 1. The summed E-state index contributed by atoms with van der Waals surface area (Å²) in [4.78, 5) is 25.0. The van der Waals surface area contributed by atoms with Gasteiger partial charge in [-0.15, -0.1) is 0 Å². The minimum Gasteiger partial charge on any atom is -0.465 e. The minimum absolute atomic E-state index is 0.264. The zero-order valence-electron chi connectivity index (χ0n) is 14.1. The van der Waals surface area contributed by atoms with Crippen LogP contribution in [0.15, 0.2) is 47.5 Å². The average Bonchev–Trinajstić information content (AvgIpc) is 2.90. The maximum atomic E-state index is 12.8. The summed E-state index contributed by atoms with van der Waals surface area (Å²) in [5.41, 5.74) is 1.10. The molecule has 2 aliphatic rings. The summed E-state index contributed by atoms with van der Waals surface area (Å²) in [6.07, 6.45) is 3.41. The summed E-state index contributed by atoms with van der Waals surface area (Å²) in [6.45, 7) is 5.98. The van der Waals surface area contributed by atoms with Crippen molar-refractivity contribution in [1.29, 1.82) is 0 Å². The molecule has 2 aliphatic heterocycles. The van der Waals surface area contributed by atoms with E-state index in [0.717, 1.165) is 0 Å². The van der Waals surface area contributed by atoms with Crippen LogP contribution in [-0.2, 0) is 10.3 Å². The van der Waals surface area contributed by atoms with Gasteiger partial charge in [0.2, 0.25) is 0 Å². The van der Waals surface area contributed by atoms with Crippen LogP contribution in [0.1, 0.15) is 31.1 Å². The van der Waals surface area contributed by atoms with Crippen molar-refractivity contribution < 1.29 is 9.53 Å². The number of hydrogen-bond donors (Lipinski definition) is 0. The number of carbonyl (C=O) groups is 1. The smallest absolute Gasteiger partial charge is 0.341 e. The Hall–Kier alpha value is -2.89. The molecule has 1 aromatic rings. The summed E-state index contributed by atoms with van der Waals surface area (Å²) in [5.74, 6) is -0.517. The molecule has 0 unspecified atom stereocenters. The Balaban J connectivity index is 2.34. The zero-order valence-corrected chi connectivity index (χ0v) is 14.1. The summed E-state index contributed by atoms with van der Waals surface area (Å²) in [5, 5.41) is 4.36. The Bertz CT molecular complexity index is 917. The molecule has 0 saturated carbocycles. The van der Waals surface area contributed by atoms with Crippen LogP contribution in [0, 0.1) is 0 Å². The third-order valence-corrected chi connectivity index (χ3v) is 3.85. The molecule has 124 valence electrons. The first kappa shape index (κ1) is 16.0. The number of carbonyl (C=O) groups excluding carboxylic acids is 1. The maximum Gasteiger partial charge on any atom is 0.341 e. The standard InChI is InChI=1S/C18H19N3O3/c1-18(2,3)20-10-13-15(14(11-20)17(23)24-4)19-21(16(13)22)12-8-6-5-7-9-12/h5-11H,1-4H3. The number of hydrogen-bond acceptors (Lipinski definition) is 4. The number of aromatic nitrogens is 3. The third-order valence-electron chi connectivity index (χ3n) is 3.85. The molecule has 0 radical (unpaired) electrons. The normalized spacial score (nSPS) is 11.7. The van der Waals surface area contributed by atoms with Gasteiger partial charge in [-0.2, -0.15) is 9.78 Å². The second-order valence-electron chi connectivity index (χ2n) is 6.56. The summed E-state index contributed by atoms with van der Waals surface area (Å²) < 4.78 is 8.01. The predicted molar refractivity (Wildman–Crippen MR) is 90.8 cm³/mol. The Kier molecular flexibility index (Phi) is 3.75. The van der Waals surface area contributed by atoms with Crippen LogP contribution >= 0.6 is 0 Å². The fourth-order valence-corrected chi connectivity index (χ4v) is 2.50. The fourth-order valence-electron chi connectivity index (χ4n) is 2.50. The Morgan fingerprint density at radius 1 is 1.12 bits per heavy atom. The largest absolute Gasteiger partial charge is 0.465 e. The van der Waals surface area contributed by atoms with Crippen LogP contribution in [-0.4, -0.2) is 27.4 Å². The number of fused-ring (bicyclic) bond motifs is 1. The molecule has 3 rings (SSSR count). The van der Waals surface area contributed by atoms with Crippen molar-refractivity contribution in [3.63, 3.8) is 0 Å². The number of ether oxygens (including phenoxy) is 1. The second-order valence-corrected chi connectivity index (χ2v) is 6.56. The lowest BCUT2D eigenvalue weighted by atomic mass is 10.0. The summed E-state index contributed by atoms with van der Waals surface area (Å²) in [7, 11) is 1.31. The van der Waals surface area contributed by atoms with Crippen molar-refractivity contribution in [2.75, 3.05) is 7.11 Å². The van der Waals surface area contributed by atoms with E-state index in [2.05, 4.69) is 5.10 Å². The van der Waals surface area contributed by atoms with Crippen molar-refractivity contribution in [1.82, 2.24) is 14.3 Å². The fraction of sp³-hybridized carbons (Fsp3) is 0.278. The van der Waals surface area contributed by atoms with E-state index in [1.54, 1.807) is 24.5 Å². The summed E-state index contributed by atoms with van der Waals surface area (Å²) in [6, 6.07) is 9.12. The van der Waals surface area contributed by atoms with Crippen molar-refractivity contribution in [3.8, 4) is 16.9 Å². The van der Waals surface area contributed by atoms with Crippen molar-refractivity contribution >= 4 is 5.97 Å². The Morgan fingerprint density at radius 3 is 2.38 bits per heavy atom. The molecule has 0 bridgehead atoms. The van der Waals surface area contributed by atoms with E-state index < -0.39 is 5.97 Å². The van der Waals surface area contributed by atoms with Crippen LogP contribution in [0.25, 0.3) is 16.9 Å². The van der Waals surface area contributed by atoms with Gasteiger partial charge in [-0.25, -0.2) is 4.79 Å². The zero-order chi connectivity index (χ0) is 17.5. The molecule has 2 heterocycles. The summed E-state index contributed by atoms with van der Waals surface area (Å²) >= 11 is 0. The lowest BCUT2D eigenvalue weighted by molar-refractivity contribution is 0.0600. The number of benzene rings is 1. The van der Waals surface area contributed by atoms with Crippen molar-refractivity contribution in [3.05, 3.63) is 58.6 Å². The molecule has 0 N–H and O–H groups in total. The van der Waals surface area contributed by atoms with E-state index in [9.17, 15) is 9.59 Å². The molecular formula is C18H19N3O3. The highest BCUT2D eigenvalue weighted by molar-refractivity contribution is 5.96. The molecule has 0 spiro atoms. The Morgan fingerprint density at radius 2 is 1.79 bits per heavy atom. The number of nitrogens with zero attached hydrogens (tertiary/aromatic N) is 3. The lowest BCUT2D eigenvalue weighted by Crippen LogP contribution is -2.24. The molecule has 6 heteroatoms. The highest BCUT2D eigenvalue weighted by Gasteiger charge is 2.27. The van der Waals surface area contributed by atoms with Crippen molar-refractivity contribution in [2.45, 2.75) is 26.3 Å². The highest BCUT2D eigenvalue weighted by Crippen LogP contribution is 2.26. The van der Waals surface area contributed by atoms with Crippen LogP contribution in [0.2, 0.25) is 0 Å². The molecule has 0 saturated heterocycles. The average molecular weight is 325 g/mol. The number of rotatable bonds is 2. The van der Waals surface area contributed by atoms with E-state index in [0.29, 0.717) is 16.9 Å². The topological polar surface area (TPSA) is 66.1 Å². The number of pyridine rings is 1. The highest BCUT2D eigenvalue weighted by atomic mass is 16.5. The van der Waals surface area contributed by atoms with Gasteiger partial charge >= 0.3 is 5.97 Å². The van der Waals surface area contributed by atoms with Crippen molar-refractivity contribution in [2.24, 2.45) is 0 Å².